The van der Waals surface area contributed by atoms with Gasteiger partial charge < -0.3 is 19.3 Å². The number of ether oxygens (including phenoxy) is 2. The highest BCUT2D eigenvalue weighted by molar-refractivity contribution is 5.97. The van der Waals surface area contributed by atoms with Crippen molar-refractivity contribution in [2.45, 2.75) is 46.5 Å². The van der Waals surface area contributed by atoms with Crippen LogP contribution in [0.25, 0.3) is 0 Å². The summed E-state index contributed by atoms with van der Waals surface area (Å²) in [4.78, 5) is 36.2. The van der Waals surface area contributed by atoms with Gasteiger partial charge in [-0.05, 0) is 37.6 Å². The molecule has 0 radical (unpaired) electrons. The molecule has 1 aromatic heterocycles. The van der Waals surface area contributed by atoms with Crippen molar-refractivity contribution in [1.29, 1.82) is 0 Å². The lowest BCUT2D eigenvalue weighted by atomic mass is 10.1. The van der Waals surface area contributed by atoms with Crippen LogP contribution in [0.15, 0.2) is 28.8 Å². The van der Waals surface area contributed by atoms with Gasteiger partial charge in [0.15, 0.2) is 12.4 Å². The van der Waals surface area contributed by atoms with Gasteiger partial charge in [0.2, 0.25) is 0 Å². The number of hydrogen-bond donors (Lipinski definition) is 1. The maximum atomic E-state index is 12.3. The molecule has 0 aliphatic carbocycles. The van der Waals surface area contributed by atoms with Gasteiger partial charge in [-0.25, -0.2) is 9.59 Å². The monoisotopic (exact) mass is 402 g/mol. The van der Waals surface area contributed by atoms with Crippen LogP contribution in [0, 0.1) is 6.92 Å². The second-order valence-corrected chi connectivity index (χ2v) is 6.85. The average molecular weight is 402 g/mol. The van der Waals surface area contributed by atoms with E-state index in [2.05, 4.69) is 10.5 Å². The van der Waals surface area contributed by atoms with Crippen molar-refractivity contribution in [2.24, 2.45) is 0 Å². The lowest BCUT2D eigenvalue weighted by Crippen LogP contribution is -2.21. The molecule has 8 nitrogen and oxygen atoms in total. The first kappa shape index (κ1) is 22.1. The van der Waals surface area contributed by atoms with Crippen LogP contribution in [-0.4, -0.2) is 36.2 Å². The first-order valence-electron chi connectivity index (χ1n) is 9.53. The highest BCUT2D eigenvalue weighted by Crippen LogP contribution is 2.23. The highest BCUT2D eigenvalue weighted by atomic mass is 16.5. The molecule has 0 aliphatic rings. The molecular weight excluding hydrogens is 376 g/mol. The van der Waals surface area contributed by atoms with Crippen molar-refractivity contribution in [1.82, 2.24) is 5.16 Å². The molecule has 0 saturated carbocycles. The summed E-state index contributed by atoms with van der Waals surface area (Å²) in [5, 5.41) is 6.39. The second kappa shape index (κ2) is 10.4. The Morgan fingerprint density at radius 3 is 2.41 bits per heavy atom. The molecule has 2 rings (SSSR count). The van der Waals surface area contributed by atoms with E-state index < -0.39 is 24.5 Å². The Morgan fingerprint density at radius 2 is 1.79 bits per heavy atom. The van der Waals surface area contributed by atoms with Gasteiger partial charge in [0.25, 0.3) is 5.91 Å². The summed E-state index contributed by atoms with van der Waals surface area (Å²) in [6.07, 6.45) is 1.75. The number of carbonyl (C=O) groups is 3. The number of anilines is 1. The van der Waals surface area contributed by atoms with Gasteiger partial charge in [-0.1, -0.05) is 32.3 Å². The van der Waals surface area contributed by atoms with Gasteiger partial charge >= 0.3 is 11.9 Å². The summed E-state index contributed by atoms with van der Waals surface area (Å²) in [7, 11) is 0. The number of hydrogen-bond acceptors (Lipinski definition) is 7. The van der Waals surface area contributed by atoms with Crippen molar-refractivity contribution < 1.29 is 28.4 Å². The minimum Gasteiger partial charge on any atom is -0.462 e. The molecule has 8 heteroatoms. The Hall–Kier alpha value is -3.16. The lowest BCUT2D eigenvalue weighted by molar-refractivity contribution is -0.119. The zero-order valence-corrected chi connectivity index (χ0v) is 17.1. The first-order chi connectivity index (χ1) is 13.8. The molecule has 156 valence electrons. The summed E-state index contributed by atoms with van der Waals surface area (Å²) in [6.45, 7) is 7.31. The summed E-state index contributed by atoms with van der Waals surface area (Å²) >= 11 is 0. The molecule has 1 heterocycles. The van der Waals surface area contributed by atoms with E-state index in [-0.39, 0.29) is 11.5 Å². The summed E-state index contributed by atoms with van der Waals surface area (Å²) in [5.41, 5.74) is 1.54. The molecule has 1 N–H and O–H groups in total. The predicted octanol–water partition coefficient (Wildman–Crippen LogP) is 3.86. The number of carbonyl (C=O) groups excluding carboxylic acids is 3. The third-order valence-electron chi connectivity index (χ3n) is 4.09. The van der Waals surface area contributed by atoms with E-state index in [0.717, 1.165) is 12.8 Å². The number of aromatic nitrogens is 1. The van der Waals surface area contributed by atoms with Crippen molar-refractivity contribution >= 4 is 23.5 Å². The van der Waals surface area contributed by atoms with Crippen molar-refractivity contribution in [2.75, 3.05) is 18.5 Å². The molecule has 0 bridgehead atoms. The van der Waals surface area contributed by atoms with Crippen molar-refractivity contribution in [3.63, 3.8) is 0 Å². The van der Waals surface area contributed by atoms with Gasteiger partial charge in [-0.15, -0.1) is 0 Å². The van der Waals surface area contributed by atoms with Gasteiger partial charge in [-0.3, -0.25) is 4.79 Å². The van der Waals surface area contributed by atoms with Gasteiger partial charge in [0.05, 0.1) is 17.9 Å². The fraction of sp³-hybridized carbons (Fsp3) is 0.429. The van der Waals surface area contributed by atoms with Gasteiger partial charge in [0.1, 0.15) is 5.56 Å². The smallest absolute Gasteiger partial charge is 0.344 e. The lowest BCUT2D eigenvalue weighted by Gasteiger charge is -2.08. The maximum absolute atomic E-state index is 12.3. The molecule has 2 aromatic rings. The number of nitrogens with one attached hydrogen (secondary N) is 1. The van der Waals surface area contributed by atoms with Crippen molar-refractivity contribution in [3.8, 4) is 0 Å². The number of esters is 2. The SMILES string of the molecule is CCCCOC(=O)c1ccc(NC(=O)COC(=O)c2c(C)noc2C(C)C)cc1. The fourth-order valence-electron chi connectivity index (χ4n) is 2.51. The highest BCUT2D eigenvalue weighted by Gasteiger charge is 2.24. The zero-order valence-electron chi connectivity index (χ0n) is 17.1. The Balaban J connectivity index is 1.87. The minimum atomic E-state index is -0.659. The van der Waals surface area contributed by atoms with Crippen LogP contribution in [0.2, 0.25) is 0 Å². The molecule has 0 fully saturated rings. The Kier molecular flexibility index (Phi) is 7.94. The number of amides is 1. The van der Waals surface area contributed by atoms with E-state index in [1.54, 1.807) is 31.2 Å². The first-order valence-corrected chi connectivity index (χ1v) is 9.53. The molecular formula is C21H26N2O6. The van der Waals surface area contributed by atoms with E-state index in [0.29, 0.717) is 29.3 Å². The predicted molar refractivity (Wildman–Crippen MR) is 106 cm³/mol. The van der Waals surface area contributed by atoms with E-state index >= 15 is 0 Å². The average Bonchev–Trinajstić information content (AvgIpc) is 3.08. The van der Waals surface area contributed by atoms with Crippen LogP contribution < -0.4 is 5.32 Å². The number of benzene rings is 1. The Labute approximate surface area is 169 Å². The summed E-state index contributed by atoms with van der Waals surface area (Å²) in [6, 6.07) is 6.28. The van der Waals surface area contributed by atoms with Gasteiger partial charge in [-0.2, -0.15) is 0 Å². The third-order valence-corrected chi connectivity index (χ3v) is 4.09. The molecule has 0 spiro atoms. The Morgan fingerprint density at radius 1 is 1.10 bits per heavy atom. The zero-order chi connectivity index (χ0) is 21.4. The molecule has 0 saturated heterocycles. The maximum Gasteiger partial charge on any atom is 0.344 e. The molecule has 0 atom stereocenters. The van der Waals surface area contributed by atoms with Crippen LogP contribution in [0.5, 0.6) is 0 Å². The summed E-state index contributed by atoms with van der Waals surface area (Å²) in [5.74, 6) is -1.19. The topological polar surface area (TPSA) is 108 Å². The second-order valence-electron chi connectivity index (χ2n) is 6.85. The quantitative estimate of drug-likeness (QED) is 0.501. The van der Waals surface area contributed by atoms with Crippen LogP contribution in [0.3, 0.4) is 0 Å². The van der Waals surface area contributed by atoms with E-state index in [9.17, 15) is 14.4 Å². The van der Waals surface area contributed by atoms with Crippen LogP contribution in [0.4, 0.5) is 5.69 Å². The van der Waals surface area contributed by atoms with Crippen LogP contribution in [0.1, 0.15) is 71.7 Å². The van der Waals surface area contributed by atoms with E-state index in [1.807, 2.05) is 20.8 Å². The third kappa shape index (κ3) is 6.17. The van der Waals surface area contributed by atoms with E-state index in [1.165, 1.54) is 0 Å². The number of aryl methyl sites for hydroxylation is 1. The van der Waals surface area contributed by atoms with Crippen LogP contribution in [-0.2, 0) is 14.3 Å². The fourth-order valence-corrected chi connectivity index (χ4v) is 2.51. The van der Waals surface area contributed by atoms with E-state index in [4.69, 9.17) is 14.0 Å². The normalized spacial score (nSPS) is 10.7. The molecule has 0 aliphatic heterocycles. The van der Waals surface area contributed by atoms with Crippen molar-refractivity contribution in [3.05, 3.63) is 46.8 Å². The largest absolute Gasteiger partial charge is 0.462 e. The molecule has 0 unspecified atom stereocenters. The Bertz CT molecular complexity index is 855. The number of unbranched alkanes of at least 4 members (excludes halogenated alkanes) is 1. The molecule has 29 heavy (non-hydrogen) atoms. The number of rotatable bonds is 9. The summed E-state index contributed by atoms with van der Waals surface area (Å²) < 4.78 is 15.4. The minimum absolute atomic E-state index is 0.0419. The van der Waals surface area contributed by atoms with Gasteiger partial charge in [0, 0.05) is 11.6 Å². The molecule has 1 aromatic carbocycles. The van der Waals surface area contributed by atoms with Crippen LogP contribution >= 0.6 is 0 Å². The number of nitrogens with zero attached hydrogens (tertiary/aromatic N) is 1. The molecule has 1 amide bonds. The standard InChI is InChI=1S/C21H26N2O6/c1-5-6-11-27-20(25)15-7-9-16(10-8-15)22-17(24)12-28-21(26)18-14(4)23-29-19(18)13(2)3/h7-10,13H,5-6,11-12H2,1-4H3,(H,22,24).